The molecule has 2 aliphatic rings. The van der Waals surface area contributed by atoms with Gasteiger partial charge in [0, 0.05) is 99.5 Å². The molecule has 0 saturated heterocycles. The molecule has 0 N–H and O–H groups in total. The summed E-state index contributed by atoms with van der Waals surface area (Å²) in [6.07, 6.45) is 0. The highest BCUT2D eigenvalue weighted by molar-refractivity contribution is 7.00. The number of hydrogen-bond acceptors (Lipinski definition) is 4. The number of rotatable bonds is 8. The van der Waals surface area contributed by atoms with Gasteiger partial charge in [-0.25, -0.2) is 0 Å². The molecule has 19 aromatic rings. The van der Waals surface area contributed by atoms with Crippen LogP contribution >= 0.6 is 0 Å². The van der Waals surface area contributed by atoms with Crippen LogP contribution in [0, 0.1) is 0 Å². The Kier molecular flexibility index (Phi) is 14.8. The van der Waals surface area contributed by atoms with E-state index in [1.807, 2.05) is 153 Å². The molecule has 6 heterocycles. The van der Waals surface area contributed by atoms with Crippen LogP contribution < -0.4 is 26.2 Å². The van der Waals surface area contributed by atoms with Crippen molar-refractivity contribution < 1.29 is 25.3 Å². The van der Waals surface area contributed by atoms with Gasteiger partial charge in [0.2, 0.25) is 0 Å². The maximum absolute atomic E-state index is 10.6. The van der Waals surface area contributed by atoms with Crippen molar-refractivity contribution >= 4 is 145 Å². The lowest BCUT2D eigenvalue weighted by molar-refractivity contribution is 0.590. The molecule has 0 fully saturated rings. The fraction of sp³-hybridized carbons (Fsp3) is 0.237. The summed E-state index contributed by atoms with van der Waals surface area (Å²) >= 11 is 0. The van der Waals surface area contributed by atoms with E-state index < -0.39 is 44.6 Å². The minimum Gasteiger partial charge on any atom is -0.456 e. The predicted octanol–water partition coefficient (Wildman–Crippen LogP) is 31.5. The van der Waals surface area contributed by atoms with Crippen LogP contribution in [-0.4, -0.2) is 15.8 Å². The lowest BCUT2D eigenvalue weighted by atomic mass is 9.33. The van der Waals surface area contributed by atoms with Gasteiger partial charge in [-0.3, -0.25) is 0 Å². The second-order valence-corrected chi connectivity index (χ2v) is 42.0. The smallest absolute Gasteiger partial charge is 0.252 e. The van der Waals surface area contributed by atoms with Crippen LogP contribution in [0.25, 0.3) is 143 Å². The maximum atomic E-state index is 10.6. The van der Waals surface area contributed by atoms with E-state index >= 15 is 0 Å². The summed E-state index contributed by atoms with van der Waals surface area (Å²) in [4.78, 5) is 4.93. The van der Waals surface area contributed by atoms with E-state index in [9.17, 15) is 16.4 Å². The highest BCUT2D eigenvalue weighted by atomic mass is 16.3. The van der Waals surface area contributed by atoms with Gasteiger partial charge in [0.05, 0.1) is 49.9 Å². The first-order valence-electron chi connectivity index (χ1n) is 50.0. The Morgan fingerprint density at radius 2 is 0.560 bits per heavy atom. The van der Waals surface area contributed by atoms with Crippen LogP contribution in [0.5, 0.6) is 0 Å². The first-order chi connectivity index (χ1) is 64.5. The Hall–Kier alpha value is -12.8. The number of hydrogen-bond donors (Lipinski definition) is 0. The van der Waals surface area contributed by atoms with Crippen LogP contribution in [0.3, 0.4) is 0 Å². The van der Waals surface area contributed by atoms with E-state index in [-0.39, 0.29) is 116 Å². The fourth-order valence-electron chi connectivity index (χ4n) is 19.1. The summed E-state index contributed by atoms with van der Waals surface area (Å²) in [5, 5.41) is 4.67. The minimum absolute atomic E-state index is 0.0247. The standard InChI is InChI=1S/C118H111BN4O2/c1-112(2,3)72-46-54-95-87(58-72)88-59-73(113(4,5)6)47-55-96(88)120(95)79-50-52-93-99(68-79)122(110-85(70-34-24-22-25-35-70)62-76(116(13,14)15)64-91(110)81-40-32-44-105-107(81)83-38-28-30-42-103(83)124-105)101-66-78(118(19,20)21)67-102-109(101)119(93)94-53-51-80(121-97-56-48-74(114(7,8)9)60-89(97)90-61-75(115(10,11)12)49-57-98(90)121)69-100(94)123(102)111-86(71-36-26-23-27-37-71)63-77(117(16,17)18)65-92(111)82-41-33-45-106-108(82)84-39-29-31-43-104(84)125-106/h22-69H,1-21H3/i46D,47D,48D,49D,54D,55D,56D,57D,58D,59D,60D,61D. The lowest BCUT2D eigenvalue weighted by Gasteiger charge is -2.47. The number of para-hydroxylation sites is 2. The van der Waals surface area contributed by atoms with E-state index in [1.54, 1.807) is 0 Å². The average molecular weight is 1640 g/mol. The van der Waals surface area contributed by atoms with Gasteiger partial charge < -0.3 is 27.8 Å². The van der Waals surface area contributed by atoms with E-state index in [2.05, 4.69) is 230 Å². The molecular weight excluding hydrogens is 1520 g/mol. The fourth-order valence-corrected chi connectivity index (χ4v) is 19.1. The molecule has 0 atom stereocenters. The van der Waals surface area contributed by atoms with Gasteiger partial charge >= 0.3 is 0 Å². The normalized spacial score (nSPS) is 14.9. The van der Waals surface area contributed by atoms with Crippen molar-refractivity contribution in [1.29, 1.82) is 0 Å². The third-order valence-electron chi connectivity index (χ3n) is 25.9. The molecule has 125 heavy (non-hydrogen) atoms. The zero-order chi connectivity index (χ0) is 97.4. The second-order valence-electron chi connectivity index (χ2n) is 42.0. The molecule has 2 aliphatic heterocycles. The Labute approximate surface area is 753 Å². The summed E-state index contributed by atoms with van der Waals surface area (Å²) in [5.74, 6) is 0. The minimum atomic E-state index is -0.830. The summed E-state index contributed by atoms with van der Waals surface area (Å²) in [5.41, 5.74) is 18.0. The third-order valence-corrected chi connectivity index (χ3v) is 25.9. The van der Waals surface area contributed by atoms with Gasteiger partial charge in [-0.2, -0.15) is 0 Å². The van der Waals surface area contributed by atoms with Crippen molar-refractivity contribution in [2.45, 2.75) is 183 Å². The van der Waals surface area contributed by atoms with Crippen LogP contribution in [0.4, 0.5) is 34.1 Å². The van der Waals surface area contributed by atoms with E-state index in [1.165, 1.54) is 0 Å². The zero-order valence-corrected chi connectivity index (χ0v) is 75.5. The Balaban J connectivity index is 1.01. The van der Waals surface area contributed by atoms with Gasteiger partial charge in [-0.1, -0.05) is 303 Å². The van der Waals surface area contributed by atoms with Gasteiger partial charge in [-0.15, -0.1) is 0 Å². The van der Waals surface area contributed by atoms with Gasteiger partial charge in [0.15, 0.2) is 0 Å². The monoisotopic (exact) mass is 1640 g/mol. The van der Waals surface area contributed by atoms with Crippen molar-refractivity contribution in [2.75, 3.05) is 9.80 Å². The number of aromatic nitrogens is 2. The number of nitrogens with zero attached hydrogens (tertiary/aromatic N) is 4. The van der Waals surface area contributed by atoms with Gasteiger partial charge in [0.25, 0.3) is 6.71 Å². The molecule has 0 saturated carbocycles. The molecule has 7 heteroatoms. The molecule has 15 aromatic carbocycles. The number of furan rings is 2. The Morgan fingerprint density at radius 3 is 0.896 bits per heavy atom. The molecule has 618 valence electrons. The van der Waals surface area contributed by atoms with E-state index in [0.717, 1.165) is 133 Å². The van der Waals surface area contributed by atoms with Crippen LogP contribution in [0.1, 0.15) is 201 Å². The summed E-state index contributed by atoms with van der Waals surface area (Å²) in [6, 6.07) is 75.6. The maximum Gasteiger partial charge on any atom is 0.252 e. The molecule has 6 nitrogen and oxygen atoms in total. The molecule has 0 radical (unpaired) electrons. The van der Waals surface area contributed by atoms with E-state index in [4.69, 9.17) is 8.83 Å². The predicted molar refractivity (Wildman–Crippen MR) is 536 cm³/mol. The SMILES string of the molecule is [2H]c1c(C(C)(C)C)c([2H])c2c3c([2H])c(C(C)(C)C)c([2H])c([2H])c3n(-c3ccc4c(c3)N(c3c(-c5ccccc5)cc(C(C)(C)C)cc3-c3cccc5oc6ccccc6c35)c3cc(C(C)(C)C)cc5c3B4c3ccc(-n4c6c([2H])c([2H])c(C(C)(C)C)c([2H])c6c6c([2H])c(C(C)(C)C)c([2H])c([2H])c64)cc3N5c3c(-c4ccccc4)cc(C(C)(C)C)cc3-c3cccc4oc5ccccc5c34)c2c1[2H]. The van der Waals surface area contributed by atoms with Gasteiger partial charge in [0.1, 0.15) is 22.3 Å². The van der Waals surface area contributed by atoms with Crippen molar-refractivity contribution in [1.82, 2.24) is 9.13 Å². The molecule has 4 aromatic heterocycles. The average Bonchev–Trinajstić information content (AvgIpc) is 1.60. The molecule has 0 amide bonds. The highest BCUT2D eigenvalue weighted by Gasteiger charge is 2.47. The number of fused-ring (bicyclic) bond motifs is 16. The molecule has 0 aliphatic carbocycles. The first-order valence-corrected chi connectivity index (χ1v) is 44.0. The molecule has 0 unspecified atom stereocenters. The van der Waals surface area contributed by atoms with Crippen molar-refractivity contribution in [3.63, 3.8) is 0 Å². The van der Waals surface area contributed by atoms with Crippen molar-refractivity contribution in [3.05, 3.63) is 330 Å². The summed E-state index contributed by atoms with van der Waals surface area (Å²) in [7, 11) is 0. The zero-order valence-electron chi connectivity index (χ0n) is 87.5. The van der Waals surface area contributed by atoms with Crippen molar-refractivity contribution in [2.24, 2.45) is 0 Å². The Morgan fingerprint density at radius 1 is 0.256 bits per heavy atom. The highest BCUT2D eigenvalue weighted by Crippen LogP contribution is 2.58. The first kappa shape index (κ1) is 66.7. The second kappa shape index (κ2) is 27.8. The van der Waals surface area contributed by atoms with E-state index in [0.29, 0.717) is 56.2 Å². The summed E-state index contributed by atoms with van der Waals surface area (Å²) < 4.78 is 143. The molecular formula is C118H111BN4O2. The van der Waals surface area contributed by atoms with Crippen molar-refractivity contribution in [3.8, 4) is 55.9 Å². The topological polar surface area (TPSA) is 42.6 Å². The summed E-state index contributed by atoms with van der Waals surface area (Å²) in [6.45, 7) is 42.8. The third kappa shape index (κ3) is 12.8. The Bertz CT molecular complexity index is 7820. The number of benzene rings is 15. The largest absolute Gasteiger partial charge is 0.456 e. The lowest BCUT2D eigenvalue weighted by Crippen LogP contribution is -2.61. The van der Waals surface area contributed by atoms with Crippen LogP contribution in [0.15, 0.2) is 300 Å². The molecule has 21 rings (SSSR count). The van der Waals surface area contributed by atoms with Crippen LogP contribution in [0.2, 0.25) is 0 Å². The molecule has 0 spiro atoms. The number of anilines is 6. The van der Waals surface area contributed by atoms with Gasteiger partial charge in [-0.05, 0) is 249 Å². The van der Waals surface area contributed by atoms with Crippen LogP contribution in [-0.2, 0) is 37.9 Å². The quantitative estimate of drug-likeness (QED) is 0.142. The molecule has 0 bridgehead atoms.